The molecule has 114 valence electrons. The van der Waals surface area contributed by atoms with E-state index in [1.807, 2.05) is 11.9 Å². The van der Waals surface area contributed by atoms with Crippen LogP contribution in [-0.2, 0) is 19.1 Å². The smallest absolute Gasteiger partial charge is 0.326 e. The minimum Gasteiger partial charge on any atom is -0.480 e. The van der Waals surface area contributed by atoms with Crippen LogP contribution in [0.2, 0.25) is 0 Å². The molecule has 1 amide bonds. The van der Waals surface area contributed by atoms with Crippen molar-refractivity contribution < 1.29 is 24.2 Å². The average molecular weight is 286 g/mol. The van der Waals surface area contributed by atoms with Crippen LogP contribution in [0.5, 0.6) is 0 Å². The highest BCUT2D eigenvalue weighted by Crippen LogP contribution is 2.14. The number of nitrogens with zero attached hydrogens (tertiary/aromatic N) is 1. The van der Waals surface area contributed by atoms with Crippen LogP contribution in [0.4, 0.5) is 0 Å². The normalized spacial score (nSPS) is 20.4. The number of ether oxygens (including phenoxy) is 1. The van der Waals surface area contributed by atoms with Crippen LogP contribution in [-0.4, -0.2) is 60.6 Å². The molecule has 0 saturated carbocycles. The Labute approximate surface area is 118 Å². The Kier molecular flexibility index (Phi) is 6.44. The summed E-state index contributed by atoms with van der Waals surface area (Å²) in [4.78, 5) is 36.3. The van der Waals surface area contributed by atoms with Gasteiger partial charge in [-0.3, -0.25) is 9.59 Å². The van der Waals surface area contributed by atoms with E-state index in [9.17, 15) is 14.4 Å². The fraction of sp³-hybridized carbons (Fsp3) is 0.769. The number of amides is 1. The zero-order chi connectivity index (χ0) is 15.1. The van der Waals surface area contributed by atoms with E-state index in [0.717, 1.165) is 13.0 Å². The van der Waals surface area contributed by atoms with E-state index in [1.165, 1.54) is 0 Å². The molecule has 0 bridgehead atoms. The highest BCUT2D eigenvalue weighted by atomic mass is 16.5. The molecule has 7 nitrogen and oxygen atoms in total. The molecule has 1 rings (SSSR count). The number of hydrogen-bond acceptors (Lipinski definition) is 5. The Balaban J connectivity index is 2.44. The van der Waals surface area contributed by atoms with E-state index in [-0.39, 0.29) is 31.3 Å². The zero-order valence-corrected chi connectivity index (χ0v) is 11.9. The lowest BCUT2D eigenvalue weighted by Crippen LogP contribution is -2.44. The van der Waals surface area contributed by atoms with E-state index in [4.69, 9.17) is 9.84 Å². The first-order valence-corrected chi connectivity index (χ1v) is 6.81. The van der Waals surface area contributed by atoms with Gasteiger partial charge < -0.3 is 20.1 Å². The third-order valence-corrected chi connectivity index (χ3v) is 3.32. The molecule has 0 radical (unpaired) electrons. The van der Waals surface area contributed by atoms with Gasteiger partial charge in [0.05, 0.1) is 12.5 Å². The molecule has 0 aromatic heterocycles. The van der Waals surface area contributed by atoms with Crippen molar-refractivity contribution >= 4 is 17.8 Å². The van der Waals surface area contributed by atoms with Crippen LogP contribution in [0.15, 0.2) is 0 Å². The highest BCUT2D eigenvalue weighted by molar-refractivity contribution is 5.85. The van der Waals surface area contributed by atoms with Gasteiger partial charge in [-0.05, 0) is 33.4 Å². The van der Waals surface area contributed by atoms with Gasteiger partial charge in [-0.15, -0.1) is 0 Å². The zero-order valence-electron chi connectivity index (χ0n) is 11.9. The van der Waals surface area contributed by atoms with Gasteiger partial charge in [0.15, 0.2) is 0 Å². The summed E-state index contributed by atoms with van der Waals surface area (Å²) >= 11 is 0. The van der Waals surface area contributed by atoms with Gasteiger partial charge in [0.1, 0.15) is 6.04 Å². The van der Waals surface area contributed by atoms with Gasteiger partial charge in [-0.2, -0.15) is 0 Å². The molecule has 0 aromatic carbocycles. The summed E-state index contributed by atoms with van der Waals surface area (Å²) in [6.07, 6.45) is 0.755. The van der Waals surface area contributed by atoms with Crippen LogP contribution in [0.25, 0.3) is 0 Å². The Hall–Kier alpha value is -1.63. The SMILES string of the molecule is CCOC(=O)CC[C@H](NC(=O)C1CCN(C)C1)C(=O)O. The standard InChI is InChI=1S/C13H22N2O5/c1-3-20-11(16)5-4-10(13(18)19)14-12(17)9-6-7-15(2)8-9/h9-10H,3-8H2,1-2H3,(H,14,17)(H,18,19)/t9?,10-/m0/s1. The Morgan fingerprint density at radius 1 is 1.45 bits per heavy atom. The number of nitrogens with one attached hydrogen (secondary N) is 1. The van der Waals surface area contributed by atoms with Crippen LogP contribution < -0.4 is 5.32 Å². The summed E-state index contributed by atoms with van der Waals surface area (Å²) in [7, 11) is 1.92. The molecule has 0 spiro atoms. The second kappa shape index (κ2) is 7.84. The second-order valence-corrected chi connectivity index (χ2v) is 4.99. The number of aliphatic carboxylic acids is 1. The van der Waals surface area contributed by atoms with Crippen LogP contribution >= 0.6 is 0 Å². The number of carboxylic acids is 1. The van der Waals surface area contributed by atoms with Crippen molar-refractivity contribution in [2.45, 2.75) is 32.2 Å². The number of rotatable bonds is 7. The van der Waals surface area contributed by atoms with Gasteiger partial charge in [0.2, 0.25) is 5.91 Å². The Morgan fingerprint density at radius 2 is 2.15 bits per heavy atom. The fourth-order valence-corrected chi connectivity index (χ4v) is 2.19. The van der Waals surface area contributed by atoms with Crippen LogP contribution in [0.1, 0.15) is 26.2 Å². The summed E-state index contributed by atoms with van der Waals surface area (Å²) in [6.45, 7) is 3.41. The van der Waals surface area contributed by atoms with Crippen molar-refractivity contribution in [1.29, 1.82) is 0 Å². The number of carbonyl (C=O) groups excluding carboxylic acids is 2. The molecule has 7 heteroatoms. The predicted molar refractivity (Wildman–Crippen MR) is 71.0 cm³/mol. The molecule has 0 aromatic rings. The number of carboxylic acid groups (broad SMARTS) is 1. The highest BCUT2D eigenvalue weighted by Gasteiger charge is 2.29. The maximum atomic E-state index is 12.0. The van der Waals surface area contributed by atoms with Gasteiger partial charge in [-0.1, -0.05) is 0 Å². The first kappa shape index (κ1) is 16.4. The fourth-order valence-electron chi connectivity index (χ4n) is 2.19. The molecular weight excluding hydrogens is 264 g/mol. The monoisotopic (exact) mass is 286 g/mol. The minimum atomic E-state index is -1.13. The maximum Gasteiger partial charge on any atom is 0.326 e. The molecule has 1 fully saturated rings. The number of hydrogen-bond donors (Lipinski definition) is 2. The van der Waals surface area contributed by atoms with Gasteiger partial charge in [0, 0.05) is 13.0 Å². The summed E-state index contributed by atoms with van der Waals surface area (Å²) in [5, 5.41) is 11.6. The predicted octanol–water partition coefficient (Wildman–Crippen LogP) is -0.149. The molecule has 20 heavy (non-hydrogen) atoms. The first-order chi connectivity index (χ1) is 9.43. The van der Waals surface area contributed by atoms with Crippen molar-refractivity contribution in [3.63, 3.8) is 0 Å². The summed E-state index contributed by atoms with van der Waals surface area (Å²) in [5.74, 6) is -2.02. The lowest BCUT2D eigenvalue weighted by atomic mass is 10.1. The molecule has 1 aliphatic rings. The number of esters is 1. The average Bonchev–Trinajstić information content (AvgIpc) is 2.81. The molecule has 2 N–H and O–H groups in total. The van der Waals surface area contributed by atoms with Gasteiger partial charge in [0.25, 0.3) is 0 Å². The molecule has 1 heterocycles. The maximum absolute atomic E-state index is 12.0. The second-order valence-electron chi connectivity index (χ2n) is 4.99. The van der Waals surface area contributed by atoms with E-state index in [0.29, 0.717) is 6.54 Å². The van der Waals surface area contributed by atoms with E-state index >= 15 is 0 Å². The van der Waals surface area contributed by atoms with E-state index in [2.05, 4.69) is 5.32 Å². The number of carbonyl (C=O) groups is 3. The largest absolute Gasteiger partial charge is 0.480 e. The molecule has 0 aliphatic carbocycles. The van der Waals surface area contributed by atoms with Crippen molar-refractivity contribution in [3.8, 4) is 0 Å². The van der Waals surface area contributed by atoms with E-state index < -0.39 is 18.0 Å². The van der Waals surface area contributed by atoms with Crippen LogP contribution in [0, 0.1) is 5.92 Å². The molecular formula is C13H22N2O5. The number of likely N-dealkylation sites (tertiary alicyclic amines) is 1. The lowest BCUT2D eigenvalue weighted by molar-refractivity contribution is -0.145. The van der Waals surface area contributed by atoms with Crippen LogP contribution in [0.3, 0.4) is 0 Å². The first-order valence-electron chi connectivity index (χ1n) is 6.81. The third-order valence-electron chi connectivity index (χ3n) is 3.32. The molecule has 1 aliphatic heterocycles. The lowest BCUT2D eigenvalue weighted by Gasteiger charge is -2.17. The van der Waals surface area contributed by atoms with Crippen molar-refractivity contribution in [3.05, 3.63) is 0 Å². The Bertz CT molecular complexity index is 372. The summed E-state index contributed by atoms with van der Waals surface area (Å²) in [5.41, 5.74) is 0. The summed E-state index contributed by atoms with van der Waals surface area (Å²) in [6, 6.07) is -1.04. The van der Waals surface area contributed by atoms with Crippen molar-refractivity contribution in [2.24, 2.45) is 5.92 Å². The molecule has 1 unspecified atom stereocenters. The topological polar surface area (TPSA) is 95.9 Å². The van der Waals surface area contributed by atoms with Gasteiger partial charge in [-0.25, -0.2) is 4.79 Å². The van der Waals surface area contributed by atoms with Crippen molar-refractivity contribution in [1.82, 2.24) is 10.2 Å². The van der Waals surface area contributed by atoms with Gasteiger partial charge >= 0.3 is 11.9 Å². The minimum absolute atomic E-state index is 0.0182. The summed E-state index contributed by atoms with van der Waals surface area (Å²) < 4.78 is 4.74. The Morgan fingerprint density at radius 3 is 2.65 bits per heavy atom. The molecule has 2 atom stereocenters. The van der Waals surface area contributed by atoms with Crippen molar-refractivity contribution in [2.75, 3.05) is 26.7 Å². The molecule has 1 saturated heterocycles. The quantitative estimate of drug-likeness (QED) is 0.632. The third kappa shape index (κ3) is 5.16. The van der Waals surface area contributed by atoms with E-state index in [1.54, 1.807) is 6.92 Å².